The predicted octanol–water partition coefficient (Wildman–Crippen LogP) is 4.85. The lowest BCUT2D eigenvalue weighted by atomic mass is 9.71. The van der Waals surface area contributed by atoms with Gasteiger partial charge in [0.25, 0.3) is 0 Å². The molecule has 2 aliphatic carbocycles. The largest absolute Gasteiger partial charge is 0.401 e. The third-order valence-corrected chi connectivity index (χ3v) is 8.22. The first kappa shape index (κ1) is 23.7. The zero-order chi connectivity index (χ0) is 23.5. The normalized spacial score (nSPS) is 25.6. The van der Waals surface area contributed by atoms with Gasteiger partial charge in [0.1, 0.15) is 0 Å². The fourth-order valence-electron chi connectivity index (χ4n) is 5.88. The van der Waals surface area contributed by atoms with Gasteiger partial charge in [-0.1, -0.05) is 61.6 Å². The van der Waals surface area contributed by atoms with Gasteiger partial charge in [-0.15, -0.1) is 0 Å². The van der Waals surface area contributed by atoms with Crippen molar-refractivity contribution in [3.8, 4) is 0 Å². The minimum Gasteiger partial charge on any atom is -0.401 e. The lowest BCUT2D eigenvalue weighted by molar-refractivity contribution is -0.118. The van der Waals surface area contributed by atoms with Crippen LogP contribution in [0.3, 0.4) is 0 Å². The fraction of sp³-hybridized carbons (Fsp3) is 0.571. The topological polar surface area (TPSA) is 82.2 Å². The van der Waals surface area contributed by atoms with Crippen LogP contribution in [0.25, 0.3) is 0 Å². The molecule has 3 aliphatic rings. The van der Waals surface area contributed by atoms with Crippen LogP contribution in [0, 0.1) is 17.7 Å². The molecule has 1 saturated heterocycles. The minimum atomic E-state index is -0.688. The molecule has 33 heavy (non-hydrogen) atoms. The number of amides is 1. The molecule has 1 aromatic carbocycles. The summed E-state index contributed by atoms with van der Waals surface area (Å²) in [6.07, 6.45) is 14.1. The van der Waals surface area contributed by atoms with Gasteiger partial charge in [-0.2, -0.15) is 0 Å². The van der Waals surface area contributed by atoms with E-state index in [0.29, 0.717) is 29.9 Å². The molecular formula is C28H40N4O. The number of aryl methyl sites for hydroxylation is 1. The number of piperidine rings is 1. The molecule has 0 radical (unpaired) electrons. The van der Waals surface area contributed by atoms with Crippen molar-refractivity contribution in [2.24, 2.45) is 11.1 Å². The van der Waals surface area contributed by atoms with Gasteiger partial charge in [0.15, 0.2) is 0 Å². The SMILES string of the molecule is Cc1ccc(C(=N)C2(C)CC(C(=O)NCC3(N4CCCCC4)CCCCC3)=CC=C2N)cc1. The van der Waals surface area contributed by atoms with Gasteiger partial charge in [0, 0.05) is 23.4 Å². The van der Waals surface area contributed by atoms with E-state index in [-0.39, 0.29) is 11.4 Å². The van der Waals surface area contributed by atoms with Crippen molar-refractivity contribution in [1.29, 1.82) is 5.41 Å². The second-order valence-electron chi connectivity index (χ2n) is 10.6. The number of nitrogens with one attached hydrogen (secondary N) is 2. The summed E-state index contributed by atoms with van der Waals surface area (Å²) in [5.74, 6) is -0.0105. The summed E-state index contributed by atoms with van der Waals surface area (Å²) in [4.78, 5) is 16.0. The van der Waals surface area contributed by atoms with Crippen molar-refractivity contribution in [2.75, 3.05) is 19.6 Å². The van der Waals surface area contributed by atoms with E-state index < -0.39 is 5.41 Å². The average molecular weight is 449 g/mol. The molecule has 4 N–H and O–H groups in total. The summed E-state index contributed by atoms with van der Waals surface area (Å²) in [5, 5.41) is 12.2. The molecule has 1 saturated carbocycles. The number of likely N-dealkylation sites (tertiary alicyclic amines) is 1. The summed E-state index contributed by atoms with van der Waals surface area (Å²) in [5.41, 5.74) is 9.65. The quantitative estimate of drug-likeness (QED) is 0.544. The van der Waals surface area contributed by atoms with Crippen LogP contribution in [-0.4, -0.2) is 41.7 Å². The number of allylic oxidation sites excluding steroid dienone is 3. The van der Waals surface area contributed by atoms with E-state index in [9.17, 15) is 4.79 Å². The van der Waals surface area contributed by atoms with Crippen LogP contribution >= 0.6 is 0 Å². The molecule has 1 atom stereocenters. The van der Waals surface area contributed by atoms with Crippen LogP contribution in [0.4, 0.5) is 0 Å². The number of hydrogen-bond acceptors (Lipinski definition) is 4. The smallest absolute Gasteiger partial charge is 0.247 e. The van der Waals surface area contributed by atoms with Crippen molar-refractivity contribution in [1.82, 2.24) is 10.2 Å². The third kappa shape index (κ3) is 4.93. The van der Waals surface area contributed by atoms with Gasteiger partial charge in [-0.05, 0) is 70.7 Å². The molecule has 1 aromatic rings. The van der Waals surface area contributed by atoms with E-state index in [2.05, 4.69) is 10.2 Å². The number of hydrogen-bond donors (Lipinski definition) is 3. The number of carbonyl (C=O) groups excluding carboxylic acids is 1. The Morgan fingerprint density at radius 1 is 1.03 bits per heavy atom. The van der Waals surface area contributed by atoms with Crippen LogP contribution in [0.15, 0.2) is 47.7 Å². The summed E-state index contributed by atoms with van der Waals surface area (Å²) in [7, 11) is 0. The van der Waals surface area contributed by atoms with Crippen LogP contribution in [-0.2, 0) is 4.79 Å². The van der Waals surface area contributed by atoms with Gasteiger partial charge in [0.2, 0.25) is 5.91 Å². The molecule has 1 heterocycles. The Morgan fingerprint density at radius 2 is 1.67 bits per heavy atom. The van der Waals surface area contributed by atoms with Crippen LogP contribution in [0.2, 0.25) is 0 Å². The second kappa shape index (κ2) is 9.84. The highest BCUT2D eigenvalue weighted by Crippen LogP contribution is 2.39. The van der Waals surface area contributed by atoms with E-state index in [1.807, 2.05) is 50.3 Å². The highest BCUT2D eigenvalue weighted by Gasteiger charge is 2.40. The molecule has 4 rings (SSSR count). The maximum atomic E-state index is 13.3. The molecule has 5 nitrogen and oxygen atoms in total. The molecular weight excluding hydrogens is 408 g/mol. The summed E-state index contributed by atoms with van der Waals surface area (Å²) in [6.45, 7) is 7.05. The predicted molar refractivity (Wildman–Crippen MR) is 135 cm³/mol. The number of rotatable bonds is 6. The fourth-order valence-corrected chi connectivity index (χ4v) is 5.88. The van der Waals surface area contributed by atoms with Crippen molar-refractivity contribution in [3.63, 3.8) is 0 Å². The summed E-state index contributed by atoms with van der Waals surface area (Å²) in [6, 6.07) is 7.98. The van der Waals surface area contributed by atoms with Crippen LogP contribution in [0.1, 0.15) is 75.8 Å². The molecule has 0 bridgehead atoms. The highest BCUT2D eigenvalue weighted by atomic mass is 16.1. The Balaban J connectivity index is 1.46. The maximum absolute atomic E-state index is 13.3. The molecule has 178 valence electrons. The third-order valence-electron chi connectivity index (χ3n) is 8.22. The number of nitrogens with zero attached hydrogens (tertiary/aromatic N) is 1. The number of benzene rings is 1. The Bertz CT molecular complexity index is 933. The zero-order valence-corrected chi connectivity index (χ0v) is 20.4. The van der Waals surface area contributed by atoms with Crippen molar-refractivity contribution in [2.45, 2.75) is 77.2 Å². The van der Waals surface area contributed by atoms with Crippen molar-refractivity contribution in [3.05, 3.63) is 58.8 Å². The molecule has 0 spiro atoms. The standard InChI is InChI=1S/C28H40N4O/c1-21-9-11-22(12-10-21)25(30)27(2)19-23(13-14-24(27)29)26(33)31-20-28(15-5-3-6-16-28)32-17-7-4-8-18-32/h9-14,30H,3-8,15-20,29H2,1-2H3,(H,31,33). The van der Waals surface area contributed by atoms with Crippen LogP contribution in [0.5, 0.6) is 0 Å². The number of nitrogens with two attached hydrogens (primary N) is 1. The first-order chi connectivity index (χ1) is 15.8. The molecule has 1 amide bonds. The first-order valence-corrected chi connectivity index (χ1v) is 12.7. The average Bonchev–Trinajstić information content (AvgIpc) is 2.85. The highest BCUT2D eigenvalue weighted by molar-refractivity contribution is 6.06. The second-order valence-corrected chi connectivity index (χ2v) is 10.6. The Hall–Kier alpha value is -2.40. The minimum absolute atomic E-state index is 0.0105. The zero-order valence-electron chi connectivity index (χ0n) is 20.4. The Labute approximate surface area is 199 Å². The van der Waals surface area contributed by atoms with Crippen LogP contribution < -0.4 is 11.1 Å². The number of carbonyl (C=O) groups is 1. The lowest BCUT2D eigenvalue weighted by Gasteiger charge is -2.48. The molecule has 1 unspecified atom stereocenters. The molecule has 0 aromatic heterocycles. The van der Waals surface area contributed by atoms with Gasteiger partial charge >= 0.3 is 0 Å². The first-order valence-electron chi connectivity index (χ1n) is 12.7. The maximum Gasteiger partial charge on any atom is 0.247 e. The van der Waals surface area contributed by atoms with Gasteiger partial charge < -0.3 is 16.5 Å². The molecule has 1 aliphatic heterocycles. The monoisotopic (exact) mass is 448 g/mol. The van der Waals surface area contributed by atoms with E-state index in [1.54, 1.807) is 0 Å². The van der Waals surface area contributed by atoms with E-state index >= 15 is 0 Å². The van der Waals surface area contributed by atoms with Crippen molar-refractivity contribution < 1.29 is 4.79 Å². The molecule has 5 heteroatoms. The van der Waals surface area contributed by atoms with Crippen molar-refractivity contribution >= 4 is 11.6 Å². The van der Waals surface area contributed by atoms with E-state index in [1.165, 1.54) is 51.4 Å². The van der Waals surface area contributed by atoms with Gasteiger partial charge in [-0.3, -0.25) is 9.69 Å². The summed E-state index contributed by atoms with van der Waals surface area (Å²) < 4.78 is 0. The lowest BCUT2D eigenvalue weighted by Crippen LogP contribution is -2.58. The van der Waals surface area contributed by atoms with Gasteiger partial charge in [-0.25, -0.2) is 0 Å². The molecule has 2 fully saturated rings. The summed E-state index contributed by atoms with van der Waals surface area (Å²) >= 11 is 0. The van der Waals surface area contributed by atoms with E-state index in [0.717, 1.165) is 24.2 Å². The van der Waals surface area contributed by atoms with Gasteiger partial charge in [0.05, 0.1) is 11.1 Å². The Kier molecular flexibility index (Phi) is 7.08. The Morgan fingerprint density at radius 3 is 2.33 bits per heavy atom. The van der Waals surface area contributed by atoms with E-state index in [4.69, 9.17) is 11.1 Å².